The molecule has 16 heavy (non-hydrogen) atoms. The van der Waals surface area contributed by atoms with Gasteiger partial charge in [0.25, 0.3) is 0 Å². The molecule has 0 unspecified atom stereocenters. The molecule has 0 aliphatic carbocycles. The van der Waals surface area contributed by atoms with Gasteiger partial charge in [-0.2, -0.15) is 5.10 Å². The monoisotopic (exact) mass is 270 g/mol. The molecule has 0 spiro atoms. The molecule has 1 aromatic carbocycles. The highest BCUT2D eigenvalue weighted by Gasteiger charge is 1.98. The molecule has 0 aliphatic rings. The zero-order chi connectivity index (χ0) is 11.2. The normalized spacial score (nSPS) is 10.2. The minimum Gasteiger partial charge on any atom is -0.493 e. The minimum absolute atomic E-state index is 0.668. The molecule has 0 atom stereocenters. The number of benzene rings is 1. The lowest BCUT2D eigenvalue weighted by Gasteiger charge is -2.03. The highest BCUT2D eigenvalue weighted by atomic mass is 32.2. The van der Waals surface area contributed by atoms with Crippen LogP contribution in [0.3, 0.4) is 0 Å². The molecular weight excluding hydrogens is 260 g/mol. The van der Waals surface area contributed by atoms with Crippen LogP contribution in [0, 0.1) is 3.95 Å². The lowest BCUT2D eigenvalue weighted by atomic mass is 10.3. The molecule has 2 aromatic rings. The Morgan fingerprint density at radius 3 is 2.88 bits per heavy atom. The number of rotatable bonds is 5. The first kappa shape index (κ1) is 11.6. The average molecular weight is 270 g/mol. The first-order valence-electron chi connectivity index (χ1n) is 4.71. The van der Waals surface area contributed by atoms with E-state index < -0.39 is 0 Å². The fourth-order valence-corrected chi connectivity index (χ4v) is 3.05. The standard InChI is InChI=1S/C10H10N2OS3/c14-9-11-12-10(16-9)15-7-6-13-8-4-2-1-3-5-8/h1-5H,6-7H2,(H,11,14). The number of aromatic amines is 1. The Bertz CT molecular complexity index is 480. The van der Waals surface area contributed by atoms with E-state index in [-0.39, 0.29) is 0 Å². The molecule has 84 valence electrons. The molecule has 0 aliphatic heterocycles. The van der Waals surface area contributed by atoms with Crippen LogP contribution >= 0.6 is 35.3 Å². The number of nitrogens with zero attached hydrogens (tertiary/aromatic N) is 1. The lowest BCUT2D eigenvalue weighted by molar-refractivity contribution is 0.344. The number of nitrogens with one attached hydrogen (secondary N) is 1. The zero-order valence-electron chi connectivity index (χ0n) is 8.38. The number of hydrogen-bond acceptors (Lipinski definition) is 5. The van der Waals surface area contributed by atoms with Crippen LogP contribution in [0.25, 0.3) is 0 Å². The van der Waals surface area contributed by atoms with Crippen molar-refractivity contribution >= 4 is 35.3 Å². The van der Waals surface area contributed by atoms with E-state index >= 15 is 0 Å². The molecule has 1 heterocycles. The molecule has 2 rings (SSSR count). The van der Waals surface area contributed by atoms with Crippen molar-refractivity contribution in [3.63, 3.8) is 0 Å². The summed E-state index contributed by atoms with van der Waals surface area (Å²) in [6.07, 6.45) is 0. The molecule has 6 heteroatoms. The second-order valence-corrected chi connectivity index (χ2v) is 5.90. The third-order valence-corrected chi connectivity index (χ3v) is 3.94. The summed E-state index contributed by atoms with van der Waals surface area (Å²) in [6, 6.07) is 9.79. The van der Waals surface area contributed by atoms with Gasteiger partial charge in [0, 0.05) is 5.75 Å². The fraction of sp³-hybridized carbons (Fsp3) is 0.200. The van der Waals surface area contributed by atoms with Crippen molar-refractivity contribution < 1.29 is 4.74 Å². The van der Waals surface area contributed by atoms with Gasteiger partial charge in [-0.3, -0.25) is 5.10 Å². The maximum Gasteiger partial charge on any atom is 0.177 e. The maximum atomic E-state index is 5.55. The third kappa shape index (κ3) is 3.62. The molecular formula is C10H10N2OS3. The molecule has 1 N–H and O–H groups in total. The van der Waals surface area contributed by atoms with Gasteiger partial charge < -0.3 is 4.74 Å². The number of para-hydroxylation sites is 1. The smallest absolute Gasteiger partial charge is 0.177 e. The summed E-state index contributed by atoms with van der Waals surface area (Å²) in [4.78, 5) is 0. The van der Waals surface area contributed by atoms with Gasteiger partial charge in [0.05, 0.1) is 6.61 Å². The van der Waals surface area contributed by atoms with E-state index in [1.165, 1.54) is 11.3 Å². The van der Waals surface area contributed by atoms with E-state index in [0.717, 1.165) is 15.8 Å². The molecule has 0 radical (unpaired) electrons. The Labute approximate surface area is 107 Å². The van der Waals surface area contributed by atoms with E-state index in [0.29, 0.717) is 10.6 Å². The summed E-state index contributed by atoms with van der Waals surface area (Å²) >= 11 is 8.08. The van der Waals surface area contributed by atoms with Gasteiger partial charge in [0.2, 0.25) is 0 Å². The van der Waals surface area contributed by atoms with Gasteiger partial charge >= 0.3 is 0 Å². The summed E-state index contributed by atoms with van der Waals surface area (Å²) < 4.78 is 7.23. The van der Waals surface area contributed by atoms with Crippen molar-refractivity contribution in [1.29, 1.82) is 0 Å². The summed E-state index contributed by atoms with van der Waals surface area (Å²) in [6.45, 7) is 0.668. The predicted octanol–water partition coefficient (Wildman–Crippen LogP) is 3.37. The van der Waals surface area contributed by atoms with E-state index in [1.807, 2.05) is 30.3 Å². The van der Waals surface area contributed by atoms with Crippen molar-refractivity contribution in [3.05, 3.63) is 34.3 Å². The van der Waals surface area contributed by atoms with E-state index in [4.69, 9.17) is 17.0 Å². The van der Waals surface area contributed by atoms with Crippen LogP contribution in [0.1, 0.15) is 0 Å². The van der Waals surface area contributed by atoms with Gasteiger partial charge in [-0.05, 0) is 24.4 Å². The highest BCUT2D eigenvalue weighted by molar-refractivity contribution is 8.01. The minimum atomic E-state index is 0.668. The van der Waals surface area contributed by atoms with Crippen LogP contribution in [0.4, 0.5) is 0 Å². The largest absolute Gasteiger partial charge is 0.493 e. The number of hydrogen-bond donors (Lipinski definition) is 1. The number of aromatic nitrogens is 2. The van der Waals surface area contributed by atoms with Crippen molar-refractivity contribution in [3.8, 4) is 5.75 Å². The quantitative estimate of drug-likeness (QED) is 0.513. The second-order valence-electron chi connectivity index (χ2n) is 2.89. The molecule has 0 fully saturated rings. The van der Waals surface area contributed by atoms with E-state index in [9.17, 15) is 0 Å². The first-order valence-corrected chi connectivity index (χ1v) is 6.92. The van der Waals surface area contributed by atoms with Crippen LogP contribution in [0.15, 0.2) is 34.7 Å². The Hall–Kier alpha value is -0.850. The summed E-state index contributed by atoms with van der Waals surface area (Å²) in [5.74, 6) is 1.77. The van der Waals surface area contributed by atoms with E-state index in [2.05, 4.69) is 10.2 Å². The van der Waals surface area contributed by atoms with Crippen molar-refractivity contribution in [2.24, 2.45) is 0 Å². The van der Waals surface area contributed by atoms with Gasteiger partial charge in [0.15, 0.2) is 8.29 Å². The Kier molecular flexibility index (Phi) is 4.38. The molecule has 0 saturated heterocycles. The third-order valence-electron chi connectivity index (χ3n) is 1.74. The summed E-state index contributed by atoms with van der Waals surface area (Å²) in [5, 5.41) is 6.81. The predicted molar refractivity (Wildman–Crippen MR) is 70.0 cm³/mol. The van der Waals surface area contributed by atoms with Crippen LogP contribution in [0.5, 0.6) is 5.75 Å². The van der Waals surface area contributed by atoms with Crippen molar-refractivity contribution in [2.45, 2.75) is 4.34 Å². The topological polar surface area (TPSA) is 37.9 Å². The lowest BCUT2D eigenvalue weighted by Crippen LogP contribution is -1.99. The molecule has 0 saturated carbocycles. The fourth-order valence-electron chi connectivity index (χ4n) is 1.08. The van der Waals surface area contributed by atoms with Gasteiger partial charge in [0.1, 0.15) is 5.75 Å². The summed E-state index contributed by atoms with van der Waals surface area (Å²) in [7, 11) is 0. The molecule has 0 bridgehead atoms. The maximum absolute atomic E-state index is 5.55. The summed E-state index contributed by atoms with van der Waals surface area (Å²) in [5.41, 5.74) is 0. The number of ether oxygens (including phenoxy) is 1. The molecule has 3 nitrogen and oxygen atoms in total. The number of thioether (sulfide) groups is 1. The average Bonchev–Trinajstić information content (AvgIpc) is 2.72. The van der Waals surface area contributed by atoms with Crippen LogP contribution in [0.2, 0.25) is 0 Å². The Balaban J connectivity index is 1.71. The SMILES string of the molecule is S=c1[nH]nc(SCCOc2ccccc2)s1. The Morgan fingerprint density at radius 2 is 2.19 bits per heavy atom. The van der Waals surface area contributed by atoms with Crippen molar-refractivity contribution in [1.82, 2.24) is 10.2 Å². The Morgan fingerprint density at radius 1 is 1.38 bits per heavy atom. The number of H-pyrrole nitrogens is 1. The van der Waals surface area contributed by atoms with Crippen LogP contribution in [-0.2, 0) is 0 Å². The zero-order valence-corrected chi connectivity index (χ0v) is 10.8. The highest BCUT2D eigenvalue weighted by Crippen LogP contribution is 2.20. The molecule has 0 amide bonds. The van der Waals surface area contributed by atoms with E-state index in [1.54, 1.807) is 11.8 Å². The van der Waals surface area contributed by atoms with Gasteiger partial charge in [-0.1, -0.05) is 41.3 Å². The van der Waals surface area contributed by atoms with Crippen LogP contribution < -0.4 is 4.74 Å². The van der Waals surface area contributed by atoms with Gasteiger partial charge in [-0.25, -0.2) is 0 Å². The van der Waals surface area contributed by atoms with Crippen molar-refractivity contribution in [2.75, 3.05) is 12.4 Å². The first-order chi connectivity index (χ1) is 7.84. The van der Waals surface area contributed by atoms with Gasteiger partial charge in [-0.15, -0.1) is 0 Å². The second kappa shape index (κ2) is 6.03. The van der Waals surface area contributed by atoms with Crippen LogP contribution in [-0.4, -0.2) is 22.6 Å². The molecule has 1 aromatic heterocycles.